The molecule has 22 heavy (non-hydrogen) atoms. The summed E-state index contributed by atoms with van der Waals surface area (Å²) in [5, 5.41) is 0. The van der Waals surface area contributed by atoms with Gasteiger partial charge in [0.05, 0.1) is 4.90 Å². The Labute approximate surface area is 133 Å². The lowest BCUT2D eigenvalue weighted by Gasteiger charge is -2.04. The predicted octanol–water partition coefficient (Wildman–Crippen LogP) is 3.02. The molecule has 1 aliphatic rings. The monoisotopic (exact) mass is 326 g/mol. The van der Waals surface area contributed by atoms with Gasteiger partial charge in [0, 0.05) is 5.69 Å². The highest BCUT2D eigenvalue weighted by Gasteiger charge is 2.41. The van der Waals surface area contributed by atoms with Crippen molar-refractivity contribution < 1.29 is 13.2 Å². The number of hydrogen-bond acceptors (Lipinski definition) is 4. The molecule has 2 unspecified atom stereocenters. The summed E-state index contributed by atoms with van der Waals surface area (Å²) in [5.41, 5.74) is 6.11. The molecule has 1 saturated heterocycles. The number of benzene rings is 1. The zero-order valence-corrected chi connectivity index (χ0v) is 13.9. The number of anilines is 1. The van der Waals surface area contributed by atoms with Crippen LogP contribution in [0.25, 0.3) is 0 Å². The SMILES string of the molecule is CCCCCCCCC1OC1NS(=O)(=O)c1ccc(N)cc1. The average Bonchev–Trinajstić information content (AvgIpc) is 3.20. The van der Waals surface area contributed by atoms with Crippen LogP contribution in [0.5, 0.6) is 0 Å². The predicted molar refractivity (Wildman–Crippen MR) is 87.8 cm³/mol. The lowest BCUT2D eigenvalue weighted by molar-refractivity contribution is 0.351. The number of nitrogen functional groups attached to an aromatic ring is 1. The molecule has 2 atom stereocenters. The number of rotatable bonds is 10. The molecule has 0 radical (unpaired) electrons. The minimum Gasteiger partial charge on any atom is -0.399 e. The van der Waals surface area contributed by atoms with Crippen LogP contribution < -0.4 is 10.5 Å². The van der Waals surface area contributed by atoms with E-state index in [1.165, 1.54) is 44.2 Å². The quantitative estimate of drug-likeness (QED) is 0.393. The minimum atomic E-state index is -3.52. The van der Waals surface area contributed by atoms with E-state index in [2.05, 4.69) is 11.6 Å². The molecule has 0 saturated carbocycles. The highest BCUT2D eigenvalue weighted by atomic mass is 32.2. The van der Waals surface area contributed by atoms with Crippen molar-refractivity contribution in [3.8, 4) is 0 Å². The third-order valence-corrected chi connectivity index (χ3v) is 5.32. The molecule has 0 amide bonds. The molecule has 1 heterocycles. The Morgan fingerprint density at radius 2 is 1.73 bits per heavy atom. The number of nitrogens with two attached hydrogens (primary N) is 1. The summed E-state index contributed by atoms with van der Waals surface area (Å²) in [4.78, 5) is 0.218. The van der Waals surface area contributed by atoms with Gasteiger partial charge in [-0.1, -0.05) is 45.4 Å². The van der Waals surface area contributed by atoms with E-state index in [0.717, 1.165) is 12.8 Å². The van der Waals surface area contributed by atoms with Gasteiger partial charge in [-0.3, -0.25) is 0 Å². The van der Waals surface area contributed by atoms with E-state index < -0.39 is 10.0 Å². The topological polar surface area (TPSA) is 84.7 Å². The van der Waals surface area contributed by atoms with E-state index in [-0.39, 0.29) is 17.2 Å². The van der Waals surface area contributed by atoms with Crippen LogP contribution in [-0.2, 0) is 14.8 Å². The molecular formula is C16H26N2O3S. The zero-order valence-electron chi connectivity index (χ0n) is 13.1. The molecule has 1 aromatic carbocycles. The number of ether oxygens (including phenoxy) is 1. The normalized spacial score (nSPS) is 21.0. The standard InChI is InChI=1S/C16H26N2O3S/c1-2-3-4-5-6-7-8-15-16(21-15)18-22(19,20)14-11-9-13(17)10-12-14/h9-12,15-16,18H,2-8,17H2,1H3. The van der Waals surface area contributed by atoms with Crippen molar-refractivity contribution in [2.24, 2.45) is 0 Å². The fourth-order valence-electron chi connectivity index (χ4n) is 2.46. The number of unbranched alkanes of at least 4 members (excludes halogenated alkanes) is 5. The second kappa shape index (κ2) is 7.94. The van der Waals surface area contributed by atoms with Gasteiger partial charge in [0.15, 0.2) is 0 Å². The van der Waals surface area contributed by atoms with Crippen molar-refractivity contribution in [1.29, 1.82) is 0 Å². The average molecular weight is 326 g/mol. The molecule has 6 heteroatoms. The summed E-state index contributed by atoms with van der Waals surface area (Å²) in [7, 11) is -3.52. The van der Waals surface area contributed by atoms with Crippen molar-refractivity contribution in [2.75, 3.05) is 5.73 Å². The van der Waals surface area contributed by atoms with Crippen molar-refractivity contribution in [3.05, 3.63) is 24.3 Å². The molecule has 0 spiro atoms. The lowest BCUT2D eigenvalue weighted by atomic mass is 10.1. The first kappa shape index (κ1) is 17.2. The van der Waals surface area contributed by atoms with E-state index in [9.17, 15) is 8.42 Å². The van der Waals surface area contributed by atoms with Gasteiger partial charge in [0.2, 0.25) is 10.0 Å². The first-order valence-electron chi connectivity index (χ1n) is 8.06. The van der Waals surface area contributed by atoms with Crippen molar-refractivity contribution in [2.45, 2.75) is 69.1 Å². The van der Waals surface area contributed by atoms with Gasteiger partial charge < -0.3 is 10.5 Å². The molecule has 1 aromatic rings. The first-order valence-corrected chi connectivity index (χ1v) is 9.54. The molecule has 0 aromatic heterocycles. The van der Waals surface area contributed by atoms with Gasteiger partial charge >= 0.3 is 0 Å². The lowest BCUT2D eigenvalue weighted by Crippen LogP contribution is -2.28. The number of epoxide rings is 1. The van der Waals surface area contributed by atoms with Crippen molar-refractivity contribution >= 4 is 15.7 Å². The maximum Gasteiger partial charge on any atom is 0.242 e. The molecule has 3 N–H and O–H groups in total. The van der Waals surface area contributed by atoms with E-state index in [0.29, 0.717) is 5.69 Å². The summed E-state index contributed by atoms with van der Waals surface area (Å²) in [5.74, 6) is 0. The third-order valence-electron chi connectivity index (χ3n) is 3.89. The van der Waals surface area contributed by atoms with Crippen LogP contribution >= 0.6 is 0 Å². The largest absolute Gasteiger partial charge is 0.399 e. The van der Waals surface area contributed by atoms with E-state index in [1.54, 1.807) is 12.1 Å². The van der Waals surface area contributed by atoms with Crippen LogP contribution in [0.3, 0.4) is 0 Å². The Hall–Kier alpha value is -1.11. The second-order valence-electron chi connectivity index (χ2n) is 5.84. The van der Waals surface area contributed by atoms with Crippen LogP contribution in [-0.4, -0.2) is 20.7 Å². The summed E-state index contributed by atoms with van der Waals surface area (Å²) in [6, 6.07) is 6.16. The Kier molecular flexibility index (Phi) is 6.23. The summed E-state index contributed by atoms with van der Waals surface area (Å²) < 4.78 is 32.3. The van der Waals surface area contributed by atoms with Gasteiger partial charge in [0.1, 0.15) is 12.3 Å². The van der Waals surface area contributed by atoms with Crippen molar-refractivity contribution in [1.82, 2.24) is 4.72 Å². The Morgan fingerprint density at radius 3 is 2.41 bits per heavy atom. The molecule has 0 bridgehead atoms. The van der Waals surface area contributed by atoms with E-state index in [4.69, 9.17) is 10.5 Å². The summed E-state index contributed by atoms with van der Waals surface area (Å²) in [6.07, 6.45) is 7.93. The van der Waals surface area contributed by atoms with E-state index >= 15 is 0 Å². The van der Waals surface area contributed by atoms with Crippen LogP contribution in [0, 0.1) is 0 Å². The molecule has 1 fully saturated rings. The minimum absolute atomic E-state index is 0.0229. The number of sulfonamides is 1. The zero-order chi connectivity index (χ0) is 16.0. The molecule has 0 aliphatic carbocycles. The van der Waals surface area contributed by atoms with Gasteiger partial charge in [0.25, 0.3) is 0 Å². The van der Waals surface area contributed by atoms with Crippen LogP contribution in [0.4, 0.5) is 5.69 Å². The summed E-state index contributed by atoms with van der Waals surface area (Å²) in [6.45, 7) is 2.20. The fourth-order valence-corrected chi connectivity index (χ4v) is 3.60. The molecule has 1 aliphatic heterocycles. The Balaban J connectivity index is 1.69. The Morgan fingerprint density at radius 1 is 1.09 bits per heavy atom. The molecular weight excluding hydrogens is 300 g/mol. The highest BCUT2D eigenvalue weighted by molar-refractivity contribution is 7.89. The third kappa shape index (κ3) is 5.26. The smallest absolute Gasteiger partial charge is 0.242 e. The molecule has 2 rings (SSSR count). The van der Waals surface area contributed by atoms with Crippen LogP contribution in [0.1, 0.15) is 51.9 Å². The molecule has 124 valence electrons. The van der Waals surface area contributed by atoms with Crippen LogP contribution in [0.15, 0.2) is 29.2 Å². The fraction of sp³-hybridized carbons (Fsp3) is 0.625. The second-order valence-corrected chi connectivity index (χ2v) is 7.56. The van der Waals surface area contributed by atoms with Gasteiger partial charge in [-0.25, -0.2) is 8.42 Å². The van der Waals surface area contributed by atoms with Gasteiger partial charge in [-0.05, 0) is 30.7 Å². The van der Waals surface area contributed by atoms with Gasteiger partial charge in [-0.15, -0.1) is 0 Å². The van der Waals surface area contributed by atoms with Crippen LogP contribution in [0.2, 0.25) is 0 Å². The van der Waals surface area contributed by atoms with E-state index in [1.807, 2.05) is 0 Å². The first-order chi connectivity index (χ1) is 10.5. The number of hydrogen-bond donors (Lipinski definition) is 2. The summed E-state index contributed by atoms with van der Waals surface area (Å²) >= 11 is 0. The van der Waals surface area contributed by atoms with Gasteiger partial charge in [-0.2, -0.15) is 4.72 Å². The Bertz CT molecular complexity index is 557. The molecule has 5 nitrogen and oxygen atoms in total. The van der Waals surface area contributed by atoms with Crippen molar-refractivity contribution in [3.63, 3.8) is 0 Å². The maximum atomic E-state index is 12.2. The highest BCUT2D eigenvalue weighted by Crippen LogP contribution is 2.27. The number of nitrogens with one attached hydrogen (secondary N) is 1. The maximum absolute atomic E-state index is 12.2.